The Labute approximate surface area is 114 Å². The molecule has 98 valence electrons. The average molecular weight is 254 g/mol. The lowest BCUT2D eigenvalue weighted by Gasteiger charge is -2.08. The van der Waals surface area contributed by atoms with Gasteiger partial charge in [0.25, 0.3) is 0 Å². The van der Waals surface area contributed by atoms with Crippen molar-refractivity contribution < 1.29 is 9.47 Å². The molecule has 0 radical (unpaired) electrons. The molecule has 0 fully saturated rings. The summed E-state index contributed by atoms with van der Waals surface area (Å²) in [5, 5.41) is 0. The van der Waals surface area contributed by atoms with Crippen molar-refractivity contribution in [3.63, 3.8) is 0 Å². The highest BCUT2D eigenvalue weighted by atomic mass is 16.5. The summed E-state index contributed by atoms with van der Waals surface area (Å²) in [7, 11) is 3.36. The second-order valence-electron chi connectivity index (χ2n) is 4.19. The first-order valence-corrected chi connectivity index (χ1v) is 6.26. The highest BCUT2D eigenvalue weighted by Gasteiger charge is 2.02. The van der Waals surface area contributed by atoms with E-state index < -0.39 is 0 Å². The van der Waals surface area contributed by atoms with Gasteiger partial charge in [-0.2, -0.15) is 0 Å². The van der Waals surface area contributed by atoms with Crippen molar-refractivity contribution >= 4 is 6.08 Å². The SMILES string of the molecule is COc1ccc(OC)c(C/C=C/c2ccccc2)c1. The van der Waals surface area contributed by atoms with Crippen molar-refractivity contribution in [3.8, 4) is 11.5 Å². The maximum absolute atomic E-state index is 5.36. The predicted octanol–water partition coefficient (Wildman–Crippen LogP) is 3.96. The zero-order chi connectivity index (χ0) is 13.5. The zero-order valence-corrected chi connectivity index (χ0v) is 11.3. The van der Waals surface area contributed by atoms with Gasteiger partial charge in [-0.1, -0.05) is 42.5 Å². The molecule has 0 amide bonds. The fourth-order valence-electron chi connectivity index (χ4n) is 1.93. The topological polar surface area (TPSA) is 18.5 Å². The Morgan fingerprint density at radius 2 is 1.74 bits per heavy atom. The van der Waals surface area contributed by atoms with Crippen LogP contribution in [-0.2, 0) is 6.42 Å². The summed E-state index contributed by atoms with van der Waals surface area (Å²) < 4.78 is 10.6. The molecule has 0 aliphatic carbocycles. The highest BCUT2D eigenvalue weighted by Crippen LogP contribution is 2.24. The van der Waals surface area contributed by atoms with Crippen LogP contribution in [0.1, 0.15) is 11.1 Å². The van der Waals surface area contributed by atoms with Gasteiger partial charge >= 0.3 is 0 Å². The van der Waals surface area contributed by atoms with E-state index in [4.69, 9.17) is 9.47 Å². The van der Waals surface area contributed by atoms with Crippen LogP contribution in [0.5, 0.6) is 11.5 Å². The van der Waals surface area contributed by atoms with E-state index in [0.717, 1.165) is 23.5 Å². The molecule has 0 spiro atoms. The van der Waals surface area contributed by atoms with Gasteiger partial charge in [-0.05, 0) is 30.2 Å². The molecule has 0 aliphatic rings. The molecule has 0 aliphatic heterocycles. The van der Waals surface area contributed by atoms with E-state index >= 15 is 0 Å². The first-order chi connectivity index (χ1) is 9.33. The second kappa shape index (κ2) is 6.64. The molecule has 2 nitrogen and oxygen atoms in total. The smallest absolute Gasteiger partial charge is 0.122 e. The lowest BCUT2D eigenvalue weighted by molar-refractivity contribution is 0.399. The van der Waals surface area contributed by atoms with Crippen LogP contribution in [0.25, 0.3) is 6.08 Å². The van der Waals surface area contributed by atoms with Crippen molar-refractivity contribution in [1.82, 2.24) is 0 Å². The third kappa shape index (κ3) is 3.62. The van der Waals surface area contributed by atoms with E-state index in [1.54, 1.807) is 14.2 Å². The van der Waals surface area contributed by atoms with Crippen LogP contribution in [-0.4, -0.2) is 14.2 Å². The Morgan fingerprint density at radius 3 is 2.42 bits per heavy atom. The minimum absolute atomic E-state index is 0.815. The molecular weight excluding hydrogens is 236 g/mol. The van der Waals surface area contributed by atoms with Crippen LogP contribution < -0.4 is 9.47 Å². The molecule has 0 N–H and O–H groups in total. The number of methoxy groups -OCH3 is 2. The molecule has 19 heavy (non-hydrogen) atoms. The van der Waals surface area contributed by atoms with Gasteiger partial charge in [0.1, 0.15) is 11.5 Å². The van der Waals surface area contributed by atoms with Gasteiger partial charge in [-0.15, -0.1) is 0 Å². The molecule has 0 bridgehead atoms. The fraction of sp³-hybridized carbons (Fsp3) is 0.176. The third-order valence-electron chi connectivity index (χ3n) is 2.94. The fourth-order valence-corrected chi connectivity index (χ4v) is 1.93. The minimum atomic E-state index is 0.815. The number of hydrogen-bond donors (Lipinski definition) is 0. The molecule has 2 rings (SSSR count). The van der Waals surface area contributed by atoms with Crippen molar-refractivity contribution in [3.05, 3.63) is 65.7 Å². The second-order valence-corrected chi connectivity index (χ2v) is 4.19. The van der Waals surface area contributed by atoms with Crippen molar-refractivity contribution in [1.29, 1.82) is 0 Å². The molecule has 0 atom stereocenters. The van der Waals surface area contributed by atoms with Crippen molar-refractivity contribution in [2.24, 2.45) is 0 Å². The van der Waals surface area contributed by atoms with E-state index in [9.17, 15) is 0 Å². The van der Waals surface area contributed by atoms with Crippen molar-refractivity contribution in [2.45, 2.75) is 6.42 Å². The molecule has 2 heteroatoms. The maximum Gasteiger partial charge on any atom is 0.122 e. The molecule has 0 heterocycles. The predicted molar refractivity (Wildman–Crippen MR) is 78.7 cm³/mol. The van der Waals surface area contributed by atoms with Crippen LogP contribution in [0, 0.1) is 0 Å². The number of benzene rings is 2. The highest BCUT2D eigenvalue weighted by molar-refractivity contribution is 5.50. The van der Waals surface area contributed by atoms with Crippen molar-refractivity contribution in [2.75, 3.05) is 14.2 Å². The number of ether oxygens (including phenoxy) is 2. The standard InChI is InChI=1S/C17H18O2/c1-18-16-11-12-17(19-2)15(13-16)10-6-9-14-7-4-3-5-8-14/h3-9,11-13H,10H2,1-2H3/b9-6+. The number of allylic oxidation sites excluding steroid dienone is 1. The number of hydrogen-bond acceptors (Lipinski definition) is 2. The molecule has 2 aromatic carbocycles. The molecule has 2 aromatic rings. The Balaban J connectivity index is 2.12. The quantitative estimate of drug-likeness (QED) is 0.804. The molecule has 0 unspecified atom stereocenters. The van der Waals surface area contributed by atoms with Crippen LogP contribution in [0.4, 0.5) is 0 Å². The summed E-state index contributed by atoms with van der Waals surface area (Å²) in [6, 6.07) is 16.1. The van der Waals surface area contributed by atoms with E-state index in [2.05, 4.69) is 24.3 Å². The van der Waals surface area contributed by atoms with E-state index in [-0.39, 0.29) is 0 Å². The summed E-state index contributed by atoms with van der Waals surface area (Å²) in [6.07, 6.45) is 5.06. The molecule has 0 saturated heterocycles. The van der Waals surface area contributed by atoms with Crippen LogP contribution in [0.2, 0.25) is 0 Å². The average Bonchev–Trinajstić information content (AvgIpc) is 2.48. The lowest BCUT2D eigenvalue weighted by atomic mass is 10.1. The molecule has 0 saturated carbocycles. The Hall–Kier alpha value is -2.22. The van der Waals surface area contributed by atoms with E-state index in [0.29, 0.717) is 0 Å². The summed E-state index contributed by atoms with van der Waals surface area (Å²) in [6.45, 7) is 0. The monoisotopic (exact) mass is 254 g/mol. The third-order valence-corrected chi connectivity index (χ3v) is 2.94. The lowest BCUT2D eigenvalue weighted by Crippen LogP contribution is -1.92. The summed E-state index contributed by atoms with van der Waals surface area (Å²) in [4.78, 5) is 0. The van der Waals surface area contributed by atoms with Gasteiger partial charge in [0.15, 0.2) is 0 Å². The minimum Gasteiger partial charge on any atom is -0.497 e. The Bertz CT molecular complexity index is 544. The first-order valence-electron chi connectivity index (χ1n) is 6.26. The van der Waals surface area contributed by atoms with E-state index in [1.807, 2.05) is 36.4 Å². The van der Waals surface area contributed by atoms with Gasteiger partial charge in [-0.3, -0.25) is 0 Å². The van der Waals surface area contributed by atoms with Crippen LogP contribution in [0.3, 0.4) is 0 Å². The van der Waals surface area contributed by atoms with Gasteiger partial charge in [-0.25, -0.2) is 0 Å². The maximum atomic E-state index is 5.36. The summed E-state index contributed by atoms with van der Waals surface area (Å²) in [5.41, 5.74) is 2.32. The van der Waals surface area contributed by atoms with E-state index in [1.165, 1.54) is 5.56 Å². The zero-order valence-electron chi connectivity index (χ0n) is 11.3. The van der Waals surface area contributed by atoms with Crippen LogP contribution >= 0.6 is 0 Å². The Morgan fingerprint density at radius 1 is 0.947 bits per heavy atom. The summed E-state index contributed by atoms with van der Waals surface area (Å²) in [5.74, 6) is 1.74. The first kappa shape index (κ1) is 13.2. The molecule has 0 aromatic heterocycles. The largest absolute Gasteiger partial charge is 0.497 e. The van der Waals surface area contributed by atoms with Gasteiger partial charge in [0.2, 0.25) is 0 Å². The van der Waals surface area contributed by atoms with Gasteiger partial charge < -0.3 is 9.47 Å². The normalized spacial score (nSPS) is 10.6. The number of rotatable bonds is 5. The van der Waals surface area contributed by atoms with Gasteiger partial charge in [0, 0.05) is 5.56 Å². The summed E-state index contributed by atoms with van der Waals surface area (Å²) >= 11 is 0. The molecular formula is C17H18O2. The van der Waals surface area contributed by atoms with Crippen LogP contribution in [0.15, 0.2) is 54.6 Å². The Kier molecular flexibility index (Phi) is 4.62. The van der Waals surface area contributed by atoms with Gasteiger partial charge in [0.05, 0.1) is 14.2 Å².